The number of aryl methyl sites for hydroxylation is 1. The number of H-pyrrole nitrogens is 1. The van der Waals surface area contributed by atoms with Crippen molar-refractivity contribution >= 4 is 34.2 Å². The molecule has 0 aliphatic rings. The van der Waals surface area contributed by atoms with Crippen LogP contribution in [-0.2, 0) is 0 Å². The van der Waals surface area contributed by atoms with Gasteiger partial charge in [-0.2, -0.15) is 0 Å². The predicted octanol–water partition coefficient (Wildman–Crippen LogP) is 3.98. The van der Waals surface area contributed by atoms with Gasteiger partial charge in [-0.25, -0.2) is 4.79 Å². The fourth-order valence-corrected chi connectivity index (χ4v) is 2.84. The highest BCUT2D eigenvalue weighted by Gasteiger charge is 2.12. The van der Waals surface area contributed by atoms with Crippen molar-refractivity contribution in [3.63, 3.8) is 0 Å². The van der Waals surface area contributed by atoms with Gasteiger partial charge in [-0.15, -0.1) is 0 Å². The summed E-state index contributed by atoms with van der Waals surface area (Å²) >= 11 is 6.03. The third-order valence-electron chi connectivity index (χ3n) is 3.73. The van der Waals surface area contributed by atoms with E-state index < -0.39 is 6.10 Å². The third kappa shape index (κ3) is 3.69. The molecule has 5 nitrogen and oxygen atoms in total. The van der Waals surface area contributed by atoms with E-state index in [-0.39, 0.29) is 12.6 Å². The molecule has 0 saturated heterocycles. The number of aliphatic hydroxyl groups excluding tert-OH is 1. The van der Waals surface area contributed by atoms with Gasteiger partial charge in [0.25, 0.3) is 0 Å². The van der Waals surface area contributed by atoms with Crippen molar-refractivity contribution in [1.82, 2.24) is 10.3 Å². The smallest absolute Gasteiger partial charge is 0.319 e. The fourth-order valence-electron chi connectivity index (χ4n) is 2.58. The summed E-state index contributed by atoms with van der Waals surface area (Å²) in [5.41, 5.74) is 3.36. The van der Waals surface area contributed by atoms with E-state index in [1.807, 2.05) is 31.2 Å². The standard InChI is InChI=1S/C18H18ClN3O2/c1-11-8-12-9-13(6-7-16(12)21-11)22-18(24)20-10-17(23)14-4-2-3-5-15(14)19/h2-9,17,21,23H,10H2,1H3,(H2,20,22,24). The first-order valence-corrected chi connectivity index (χ1v) is 7.97. The largest absolute Gasteiger partial charge is 0.387 e. The summed E-state index contributed by atoms with van der Waals surface area (Å²) in [5.74, 6) is 0. The number of hydrogen-bond donors (Lipinski definition) is 4. The number of nitrogens with one attached hydrogen (secondary N) is 3. The minimum absolute atomic E-state index is 0.0705. The van der Waals surface area contributed by atoms with Crippen LogP contribution in [0.4, 0.5) is 10.5 Å². The number of aromatic nitrogens is 1. The molecule has 0 aliphatic heterocycles. The monoisotopic (exact) mass is 343 g/mol. The lowest BCUT2D eigenvalue weighted by Crippen LogP contribution is -2.32. The third-order valence-corrected chi connectivity index (χ3v) is 4.08. The lowest BCUT2D eigenvalue weighted by atomic mass is 10.1. The average Bonchev–Trinajstić information content (AvgIpc) is 2.92. The minimum Gasteiger partial charge on any atom is -0.387 e. The number of carbonyl (C=O) groups is 1. The number of fused-ring (bicyclic) bond motifs is 1. The maximum Gasteiger partial charge on any atom is 0.319 e. The van der Waals surface area contributed by atoms with E-state index >= 15 is 0 Å². The topological polar surface area (TPSA) is 77.2 Å². The SMILES string of the molecule is Cc1cc2cc(NC(=O)NCC(O)c3ccccc3Cl)ccc2[nH]1. The van der Waals surface area contributed by atoms with Crippen LogP contribution in [0.5, 0.6) is 0 Å². The van der Waals surface area contributed by atoms with Crippen molar-refractivity contribution in [1.29, 1.82) is 0 Å². The Labute approximate surface area is 144 Å². The van der Waals surface area contributed by atoms with E-state index in [0.717, 1.165) is 16.6 Å². The van der Waals surface area contributed by atoms with Crippen LogP contribution in [0.3, 0.4) is 0 Å². The Hall–Kier alpha value is -2.50. The Morgan fingerprint density at radius 3 is 2.83 bits per heavy atom. The molecule has 0 fully saturated rings. The van der Waals surface area contributed by atoms with E-state index in [9.17, 15) is 9.90 Å². The van der Waals surface area contributed by atoms with Crippen LogP contribution in [0.25, 0.3) is 10.9 Å². The number of carbonyl (C=O) groups excluding carboxylic acids is 1. The normalized spacial score (nSPS) is 12.1. The number of hydrogen-bond acceptors (Lipinski definition) is 2. The summed E-state index contributed by atoms with van der Waals surface area (Å²) in [7, 11) is 0. The van der Waals surface area contributed by atoms with Crippen LogP contribution in [0.15, 0.2) is 48.5 Å². The first-order chi connectivity index (χ1) is 11.5. The van der Waals surface area contributed by atoms with Crippen LogP contribution < -0.4 is 10.6 Å². The second kappa shape index (κ2) is 6.95. The van der Waals surface area contributed by atoms with Gasteiger partial charge >= 0.3 is 6.03 Å². The summed E-state index contributed by atoms with van der Waals surface area (Å²) < 4.78 is 0. The summed E-state index contributed by atoms with van der Waals surface area (Å²) in [6.07, 6.45) is -0.862. The lowest BCUT2D eigenvalue weighted by Gasteiger charge is -2.14. The Kier molecular flexibility index (Phi) is 4.74. The van der Waals surface area contributed by atoms with Crippen molar-refractivity contribution in [3.8, 4) is 0 Å². The summed E-state index contributed by atoms with van der Waals surface area (Å²) in [6, 6.07) is 14.3. The van der Waals surface area contributed by atoms with E-state index in [4.69, 9.17) is 11.6 Å². The van der Waals surface area contributed by atoms with E-state index in [2.05, 4.69) is 15.6 Å². The second-order valence-corrected chi connectivity index (χ2v) is 6.03. The molecule has 0 radical (unpaired) electrons. The molecule has 1 atom stereocenters. The molecular formula is C18H18ClN3O2. The Morgan fingerprint density at radius 1 is 1.25 bits per heavy atom. The van der Waals surface area contributed by atoms with Crippen molar-refractivity contribution in [2.45, 2.75) is 13.0 Å². The number of amides is 2. The fraction of sp³-hybridized carbons (Fsp3) is 0.167. The highest BCUT2D eigenvalue weighted by molar-refractivity contribution is 6.31. The Balaban J connectivity index is 1.59. The number of aliphatic hydroxyl groups is 1. The molecule has 4 N–H and O–H groups in total. The molecule has 24 heavy (non-hydrogen) atoms. The van der Waals surface area contributed by atoms with Crippen molar-refractivity contribution in [3.05, 3.63) is 64.8 Å². The highest BCUT2D eigenvalue weighted by atomic mass is 35.5. The van der Waals surface area contributed by atoms with Gasteiger partial charge in [0.05, 0.1) is 6.10 Å². The quantitative estimate of drug-likeness (QED) is 0.578. The van der Waals surface area contributed by atoms with Crippen LogP contribution in [0, 0.1) is 6.92 Å². The minimum atomic E-state index is -0.862. The number of benzene rings is 2. The molecule has 0 spiro atoms. The first kappa shape index (κ1) is 16.4. The van der Waals surface area contributed by atoms with Crippen molar-refractivity contribution in [2.24, 2.45) is 0 Å². The van der Waals surface area contributed by atoms with Gasteiger partial charge in [0.1, 0.15) is 0 Å². The number of rotatable bonds is 4. The Morgan fingerprint density at radius 2 is 2.04 bits per heavy atom. The average molecular weight is 344 g/mol. The maximum absolute atomic E-state index is 12.0. The Bertz CT molecular complexity index is 876. The molecule has 2 aromatic carbocycles. The van der Waals surface area contributed by atoms with Gasteiger partial charge in [0, 0.05) is 39.4 Å². The van der Waals surface area contributed by atoms with Gasteiger partial charge in [0.2, 0.25) is 0 Å². The molecule has 2 amide bonds. The molecule has 6 heteroatoms. The summed E-state index contributed by atoms with van der Waals surface area (Å²) in [6.45, 7) is 2.05. The molecule has 124 valence electrons. The van der Waals surface area contributed by atoms with Crippen molar-refractivity contribution < 1.29 is 9.90 Å². The molecular weight excluding hydrogens is 326 g/mol. The van der Waals surface area contributed by atoms with E-state index in [0.29, 0.717) is 16.3 Å². The number of anilines is 1. The van der Waals surface area contributed by atoms with Gasteiger partial charge in [-0.3, -0.25) is 0 Å². The number of halogens is 1. The van der Waals surface area contributed by atoms with Crippen molar-refractivity contribution in [2.75, 3.05) is 11.9 Å². The van der Waals surface area contributed by atoms with E-state index in [1.54, 1.807) is 24.3 Å². The molecule has 1 unspecified atom stereocenters. The van der Waals surface area contributed by atoms with Gasteiger partial charge in [-0.1, -0.05) is 29.8 Å². The zero-order valence-corrected chi connectivity index (χ0v) is 13.9. The molecule has 1 aromatic heterocycles. The summed E-state index contributed by atoms with van der Waals surface area (Å²) in [5, 5.41) is 17.0. The zero-order valence-electron chi connectivity index (χ0n) is 13.1. The number of aromatic amines is 1. The first-order valence-electron chi connectivity index (χ1n) is 7.59. The predicted molar refractivity (Wildman–Crippen MR) is 96.5 cm³/mol. The van der Waals surface area contributed by atoms with Crippen LogP contribution in [0.1, 0.15) is 17.4 Å². The molecule has 0 aliphatic carbocycles. The summed E-state index contributed by atoms with van der Waals surface area (Å²) in [4.78, 5) is 15.2. The molecule has 0 bridgehead atoms. The molecule has 0 saturated carbocycles. The van der Waals surface area contributed by atoms with Crippen LogP contribution >= 0.6 is 11.6 Å². The number of urea groups is 1. The van der Waals surface area contributed by atoms with Gasteiger partial charge in [-0.05, 0) is 37.3 Å². The van der Waals surface area contributed by atoms with Gasteiger partial charge in [0.15, 0.2) is 0 Å². The van der Waals surface area contributed by atoms with Gasteiger partial charge < -0.3 is 20.7 Å². The van der Waals surface area contributed by atoms with E-state index in [1.165, 1.54) is 0 Å². The zero-order chi connectivity index (χ0) is 17.1. The highest BCUT2D eigenvalue weighted by Crippen LogP contribution is 2.22. The molecule has 3 rings (SSSR count). The maximum atomic E-state index is 12.0. The molecule has 1 heterocycles. The lowest BCUT2D eigenvalue weighted by molar-refractivity contribution is 0.175. The van der Waals surface area contributed by atoms with Crippen LogP contribution in [0.2, 0.25) is 5.02 Å². The van der Waals surface area contributed by atoms with Crippen LogP contribution in [-0.4, -0.2) is 22.7 Å². The second-order valence-electron chi connectivity index (χ2n) is 5.63. The molecule has 3 aromatic rings.